The molecule has 0 aliphatic carbocycles. The van der Waals surface area contributed by atoms with Crippen molar-refractivity contribution in [1.29, 1.82) is 0 Å². The third kappa shape index (κ3) is 5.16. The number of piperidine rings is 1. The molecule has 2 heterocycles. The molecule has 33 heavy (non-hydrogen) atoms. The van der Waals surface area contributed by atoms with E-state index >= 15 is 0 Å². The Morgan fingerprint density at radius 1 is 1.03 bits per heavy atom. The number of para-hydroxylation sites is 1. The Balaban J connectivity index is 1.56. The zero-order valence-electron chi connectivity index (χ0n) is 19.6. The lowest BCUT2D eigenvalue weighted by molar-refractivity contribution is -0.135. The molecule has 1 aromatic heterocycles. The quantitative estimate of drug-likeness (QED) is 0.610. The molecule has 1 N–H and O–H groups in total. The molecule has 0 radical (unpaired) electrons. The highest BCUT2D eigenvalue weighted by molar-refractivity contribution is 6.00. The van der Waals surface area contributed by atoms with Crippen LogP contribution in [0.2, 0.25) is 0 Å². The van der Waals surface area contributed by atoms with E-state index in [4.69, 9.17) is 5.10 Å². The summed E-state index contributed by atoms with van der Waals surface area (Å²) in [4.78, 5) is 27.5. The molecule has 6 nitrogen and oxygen atoms in total. The lowest BCUT2D eigenvalue weighted by Gasteiger charge is -2.33. The number of aryl methyl sites for hydroxylation is 1. The summed E-state index contributed by atoms with van der Waals surface area (Å²) < 4.78 is 1.77. The van der Waals surface area contributed by atoms with Gasteiger partial charge in [-0.3, -0.25) is 9.59 Å². The zero-order chi connectivity index (χ0) is 23.4. The van der Waals surface area contributed by atoms with Crippen molar-refractivity contribution in [3.63, 3.8) is 0 Å². The average Bonchev–Trinajstić information content (AvgIpc) is 3.30. The van der Waals surface area contributed by atoms with E-state index in [-0.39, 0.29) is 23.8 Å². The van der Waals surface area contributed by atoms with Crippen LogP contribution in [0.25, 0.3) is 16.9 Å². The Labute approximate surface area is 195 Å². The van der Waals surface area contributed by atoms with Crippen LogP contribution in [0.1, 0.15) is 49.5 Å². The van der Waals surface area contributed by atoms with Crippen LogP contribution in [0.3, 0.4) is 0 Å². The van der Waals surface area contributed by atoms with Gasteiger partial charge in [-0.1, -0.05) is 63.2 Å². The van der Waals surface area contributed by atoms with E-state index in [1.807, 2.05) is 67.4 Å². The summed E-state index contributed by atoms with van der Waals surface area (Å²) in [7, 11) is 0. The van der Waals surface area contributed by atoms with Crippen LogP contribution >= 0.6 is 0 Å². The highest BCUT2D eigenvalue weighted by Gasteiger charge is 2.27. The Kier molecular flexibility index (Phi) is 6.92. The zero-order valence-corrected chi connectivity index (χ0v) is 19.6. The van der Waals surface area contributed by atoms with E-state index in [0.717, 1.165) is 30.5 Å². The van der Waals surface area contributed by atoms with Gasteiger partial charge in [-0.05, 0) is 37.0 Å². The largest absolute Gasteiger partial charge is 0.349 e. The molecule has 6 heteroatoms. The molecule has 0 bridgehead atoms. The lowest BCUT2D eigenvalue weighted by atomic mass is 10.0. The van der Waals surface area contributed by atoms with Gasteiger partial charge in [-0.15, -0.1) is 0 Å². The number of aromatic nitrogens is 2. The molecule has 2 amide bonds. The number of benzene rings is 2. The van der Waals surface area contributed by atoms with Crippen LogP contribution in [0.15, 0.2) is 60.8 Å². The van der Waals surface area contributed by atoms with Gasteiger partial charge in [0, 0.05) is 36.8 Å². The fourth-order valence-electron chi connectivity index (χ4n) is 4.24. The van der Waals surface area contributed by atoms with Crippen LogP contribution in [-0.2, 0) is 11.2 Å². The Morgan fingerprint density at radius 3 is 2.30 bits per heavy atom. The van der Waals surface area contributed by atoms with E-state index in [0.29, 0.717) is 24.3 Å². The van der Waals surface area contributed by atoms with Gasteiger partial charge < -0.3 is 10.2 Å². The molecule has 0 atom stereocenters. The highest BCUT2D eigenvalue weighted by Crippen LogP contribution is 2.25. The van der Waals surface area contributed by atoms with Gasteiger partial charge in [-0.25, -0.2) is 4.68 Å². The number of carbonyl (C=O) groups is 2. The second-order valence-electron chi connectivity index (χ2n) is 8.95. The molecule has 0 saturated carbocycles. The van der Waals surface area contributed by atoms with Crippen LogP contribution in [0.4, 0.5) is 0 Å². The van der Waals surface area contributed by atoms with E-state index in [2.05, 4.69) is 24.4 Å². The lowest BCUT2D eigenvalue weighted by Crippen LogP contribution is -2.47. The van der Waals surface area contributed by atoms with Crippen molar-refractivity contribution in [2.24, 2.45) is 5.92 Å². The molecule has 1 saturated heterocycles. The molecule has 1 aliphatic heterocycles. The van der Waals surface area contributed by atoms with Crippen molar-refractivity contribution in [3.8, 4) is 16.9 Å². The van der Waals surface area contributed by atoms with Crippen molar-refractivity contribution >= 4 is 11.8 Å². The normalized spacial score (nSPS) is 14.5. The molecule has 0 unspecified atom stereocenters. The standard InChI is InChI=1S/C27H32N4O2/c1-4-20-10-12-21(13-11-20)25-24(18-31(29-25)23-8-6-5-7-9-23)26(32)28-22-14-16-30(17-15-22)27(33)19(2)3/h5-13,18-19,22H,4,14-17H2,1-3H3,(H,28,32). The van der Waals surface area contributed by atoms with Crippen LogP contribution in [0.5, 0.6) is 0 Å². The first-order valence-corrected chi connectivity index (χ1v) is 11.8. The average molecular weight is 445 g/mol. The number of carbonyl (C=O) groups excluding carboxylic acids is 2. The Bertz CT molecular complexity index is 1090. The maximum atomic E-state index is 13.4. The topological polar surface area (TPSA) is 67.2 Å². The molecule has 4 rings (SSSR count). The van der Waals surface area contributed by atoms with E-state index < -0.39 is 0 Å². The number of rotatable bonds is 6. The van der Waals surface area contributed by atoms with Gasteiger partial charge >= 0.3 is 0 Å². The summed E-state index contributed by atoms with van der Waals surface area (Å²) >= 11 is 0. The van der Waals surface area contributed by atoms with Crippen molar-refractivity contribution in [3.05, 3.63) is 71.9 Å². The minimum absolute atomic E-state index is 0.00150. The summed E-state index contributed by atoms with van der Waals surface area (Å²) in [6.45, 7) is 7.33. The first-order chi connectivity index (χ1) is 16.0. The van der Waals surface area contributed by atoms with Crippen molar-refractivity contribution < 1.29 is 9.59 Å². The number of nitrogens with one attached hydrogen (secondary N) is 1. The molecule has 1 aliphatic rings. The predicted octanol–water partition coefficient (Wildman–Crippen LogP) is 4.48. The second-order valence-corrected chi connectivity index (χ2v) is 8.95. The molecular formula is C27H32N4O2. The molecule has 0 spiro atoms. The van der Waals surface area contributed by atoms with Gasteiger partial charge in [0.05, 0.1) is 11.3 Å². The van der Waals surface area contributed by atoms with Crippen molar-refractivity contribution in [2.75, 3.05) is 13.1 Å². The van der Waals surface area contributed by atoms with Gasteiger partial charge in [0.1, 0.15) is 5.69 Å². The Hall–Kier alpha value is -3.41. The van der Waals surface area contributed by atoms with E-state index in [1.54, 1.807) is 4.68 Å². The third-order valence-electron chi connectivity index (χ3n) is 6.25. The van der Waals surface area contributed by atoms with E-state index in [1.165, 1.54) is 5.56 Å². The van der Waals surface area contributed by atoms with Crippen molar-refractivity contribution in [2.45, 2.75) is 46.1 Å². The van der Waals surface area contributed by atoms with Gasteiger partial charge in [-0.2, -0.15) is 5.10 Å². The maximum absolute atomic E-state index is 13.4. The van der Waals surface area contributed by atoms with Crippen LogP contribution in [-0.4, -0.2) is 45.6 Å². The fourth-order valence-corrected chi connectivity index (χ4v) is 4.24. The summed E-state index contributed by atoms with van der Waals surface area (Å²) in [6, 6.07) is 18.1. The monoisotopic (exact) mass is 444 g/mol. The number of hydrogen-bond acceptors (Lipinski definition) is 3. The third-order valence-corrected chi connectivity index (χ3v) is 6.25. The first kappa shape index (κ1) is 22.8. The summed E-state index contributed by atoms with van der Waals surface area (Å²) in [6.07, 6.45) is 4.30. The minimum atomic E-state index is -0.125. The smallest absolute Gasteiger partial charge is 0.255 e. The minimum Gasteiger partial charge on any atom is -0.349 e. The predicted molar refractivity (Wildman–Crippen MR) is 130 cm³/mol. The van der Waals surface area contributed by atoms with Gasteiger partial charge in [0.2, 0.25) is 5.91 Å². The molecule has 1 fully saturated rings. The Morgan fingerprint density at radius 2 is 1.70 bits per heavy atom. The fraction of sp³-hybridized carbons (Fsp3) is 0.370. The molecule has 3 aromatic rings. The summed E-state index contributed by atoms with van der Waals surface area (Å²) in [5, 5.41) is 7.97. The number of hydrogen-bond donors (Lipinski definition) is 1. The van der Waals surface area contributed by atoms with Crippen LogP contribution < -0.4 is 5.32 Å². The van der Waals surface area contributed by atoms with E-state index in [9.17, 15) is 9.59 Å². The summed E-state index contributed by atoms with van der Waals surface area (Å²) in [5.74, 6) is 0.0590. The second kappa shape index (κ2) is 10.0. The summed E-state index contributed by atoms with van der Waals surface area (Å²) in [5.41, 5.74) is 4.30. The molecular weight excluding hydrogens is 412 g/mol. The first-order valence-electron chi connectivity index (χ1n) is 11.8. The molecule has 2 aromatic carbocycles. The van der Waals surface area contributed by atoms with Crippen LogP contribution in [0, 0.1) is 5.92 Å². The number of nitrogens with zero attached hydrogens (tertiary/aromatic N) is 3. The van der Waals surface area contributed by atoms with Crippen molar-refractivity contribution in [1.82, 2.24) is 20.0 Å². The highest BCUT2D eigenvalue weighted by atomic mass is 16.2. The molecule has 172 valence electrons. The maximum Gasteiger partial charge on any atom is 0.255 e. The SMILES string of the molecule is CCc1ccc(-c2nn(-c3ccccc3)cc2C(=O)NC2CCN(C(=O)C(C)C)CC2)cc1. The van der Waals surface area contributed by atoms with Gasteiger partial charge in [0.15, 0.2) is 0 Å². The number of amides is 2. The van der Waals surface area contributed by atoms with Gasteiger partial charge in [0.25, 0.3) is 5.91 Å². The number of likely N-dealkylation sites (tertiary alicyclic amines) is 1.